The summed E-state index contributed by atoms with van der Waals surface area (Å²) in [4.78, 5) is 13.9. The molecule has 1 aliphatic rings. The van der Waals surface area contributed by atoms with Crippen LogP contribution in [0.3, 0.4) is 0 Å². The van der Waals surface area contributed by atoms with E-state index < -0.39 is 5.60 Å². The molecule has 1 saturated heterocycles. The number of rotatable bonds is 3. The maximum absolute atomic E-state index is 12.1. The van der Waals surface area contributed by atoms with Gasteiger partial charge in [0, 0.05) is 13.2 Å². The second kappa shape index (κ2) is 5.71. The Morgan fingerprint density at radius 2 is 2.06 bits per heavy atom. The Morgan fingerprint density at radius 3 is 2.53 bits per heavy atom. The number of methoxy groups -OCH3 is 1. The van der Waals surface area contributed by atoms with Crippen molar-refractivity contribution in [1.82, 2.24) is 4.90 Å². The van der Waals surface area contributed by atoms with Crippen molar-refractivity contribution < 1.29 is 14.3 Å². The van der Waals surface area contributed by atoms with Crippen LogP contribution in [0, 0.1) is 0 Å². The molecule has 100 valence electrons. The zero-order valence-corrected chi connectivity index (χ0v) is 11.7. The van der Waals surface area contributed by atoms with Crippen molar-refractivity contribution in [3.63, 3.8) is 0 Å². The first-order valence-electron chi connectivity index (χ1n) is 6.39. The molecule has 0 N–H and O–H groups in total. The first-order valence-corrected chi connectivity index (χ1v) is 6.39. The summed E-state index contributed by atoms with van der Waals surface area (Å²) in [6, 6.07) is 0.264. The van der Waals surface area contributed by atoms with Gasteiger partial charge in [-0.05, 0) is 33.6 Å². The van der Waals surface area contributed by atoms with Crippen LogP contribution in [0.5, 0.6) is 0 Å². The van der Waals surface area contributed by atoms with Crippen molar-refractivity contribution in [2.24, 2.45) is 0 Å². The van der Waals surface area contributed by atoms with Crippen LogP contribution in [0.2, 0.25) is 0 Å². The monoisotopic (exact) mass is 243 g/mol. The minimum absolute atomic E-state index is 0.152. The third-order valence-corrected chi connectivity index (χ3v) is 2.96. The van der Waals surface area contributed by atoms with E-state index >= 15 is 0 Å². The van der Waals surface area contributed by atoms with E-state index in [1.165, 1.54) is 0 Å². The van der Waals surface area contributed by atoms with E-state index in [4.69, 9.17) is 9.47 Å². The van der Waals surface area contributed by atoms with Gasteiger partial charge in [0.05, 0.1) is 12.6 Å². The Bertz CT molecular complexity index is 260. The Labute approximate surface area is 104 Å². The van der Waals surface area contributed by atoms with Crippen LogP contribution in [0.1, 0.15) is 47.0 Å². The van der Waals surface area contributed by atoms with Gasteiger partial charge in [-0.15, -0.1) is 0 Å². The van der Waals surface area contributed by atoms with Crippen LogP contribution >= 0.6 is 0 Å². The summed E-state index contributed by atoms with van der Waals surface area (Å²) in [6.07, 6.45) is 2.94. The highest BCUT2D eigenvalue weighted by molar-refractivity contribution is 5.69. The van der Waals surface area contributed by atoms with Gasteiger partial charge >= 0.3 is 6.09 Å². The number of ether oxygens (including phenoxy) is 2. The van der Waals surface area contributed by atoms with Gasteiger partial charge in [-0.2, -0.15) is 0 Å². The maximum atomic E-state index is 12.1. The summed E-state index contributed by atoms with van der Waals surface area (Å²) >= 11 is 0. The molecule has 1 fully saturated rings. The predicted octanol–water partition coefficient (Wildman–Crippen LogP) is 2.81. The van der Waals surface area contributed by atoms with Crippen molar-refractivity contribution >= 4 is 6.09 Å². The lowest BCUT2D eigenvalue weighted by atomic mass is 10.1. The molecule has 0 aromatic carbocycles. The van der Waals surface area contributed by atoms with E-state index in [2.05, 4.69) is 6.92 Å². The first kappa shape index (κ1) is 14.3. The number of hydrogen-bond donors (Lipinski definition) is 0. The molecule has 17 heavy (non-hydrogen) atoms. The van der Waals surface area contributed by atoms with Crippen molar-refractivity contribution in [2.45, 2.75) is 64.7 Å². The Hall–Kier alpha value is -0.770. The summed E-state index contributed by atoms with van der Waals surface area (Å²) in [6.45, 7) is 8.46. The average molecular weight is 243 g/mol. The standard InChI is InChI=1S/C13H25NO3/c1-6-7-10-8-11(16-5)9-14(10)12(15)17-13(2,3)4/h10-11H,6-9H2,1-5H3/t10-,11+/m1/s1. The number of likely N-dealkylation sites (tertiary alicyclic amines) is 1. The topological polar surface area (TPSA) is 38.8 Å². The zero-order chi connectivity index (χ0) is 13.1. The minimum Gasteiger partial charge on any atom is -0.444 e. The molecule has 4 nitrogen and oxygen atoms in total. The zero-order valence-electron chi connectivity index (χ0n) is 11.7. The van der Waals surface area contributed by atoms with Crippen molar-refractivity contribution in [1.29, 1.82) is 0 Å². The van der Waals surface area contributed by atoms with E-state index in [0.29, 0.717) is 6.54 Å². The van der Waals surface area contributed by atoms with Crippen molar-refractivity contribution in [2.75, 3.05) is 13.7 Å². The molecule has 0 spiro atoms. The van der Waals surface area contributed by atoms with E-state index in [-0.39, 0.29) is 18.2 Å². The molecule has 0 aromatic heterocycles. The van der Waals surface area contributed by atoms with Crippen LogP contribution in [-0.2, 0) is 9.47 Å². The summed E-state index contributed by atoms with van der Waals surface area (Å²) in [5.74, 6) is 0. The molecule has 0 aromatic rings. The fourth-order valence-electron chi connectivity index (χ4n) is 2.20. The van der Waals surface area contributed by atoms with Gasteiger partial charge < -0.3 is 14.4 Å². The molecule has 1 rings (SSSR count). The van der Waals surface area contributed by atoms with Gasteiger partial charge in [0.15, 0.2) is 0 Å². The molecule has 1 heterocycles. The lowest BCUT2D eigenvalue weighted by molar-refractivity contribution is 0.0191. The summed E-state index contributed by atoms with van der Waals surface area (Å²) in [5, 5.41) is 0. The third-order valence-electron chi connectivity index (χ3n) is 2.96. The molecule has 1 aliphatic heterocycles. The number of carbonyl (C=O) groups excluding carboxylic acids is 1. The van der Waals surface area contributed by atoms with Crippen LogP contribution in [0.25, 0.3) is 0 Å². The lowest BCUT2D eigenvalue weighted by Gasteiger charge is -2.28. The highest BCUT2D eigenvalue weighted by Crippen LogP contribution is 2.25. The molecule has 0 radical (unpaired) electrons. The normalized spacial score (nSPS) is 25.1. The Morgan fingerprint density at radius 1 is 1.41 bits per heavy atom. The molecule has 2 atom stereocenters. The third kappa shape index (κ3) is 4.19. The molecule has 1 amide bonds. The number of hydrogen-bond acceptors (Lipinski definition) is 3. The quantitative estimate of drug-likeness (QED) is 0.765. The summed E-state index contributed by atoms with van der Waals surface area (Å²) < 4.78 is 10.8. The van der Waals surface area contributed by atoms with E-state index in [1.54, 1.807) is 7.11 Å². The lowest BCUT2D eigenvalue weighted by Crippen LogP contribution is -2.40. The molecule has 4 heteroatoms. The minimum atomic E-state index is -0.432. The predicted molar refractivity (Wildman–Crippen MR) is 67.1 cm³/mol. The maximum Gasteiger partial charge on any atom is 0.410 e. The average Bonchev–Trinajstić information content (AvgIpc) is 2.59. The van der Waals surface area contributed by atoms with Gasteiger partial charge in [-0.25, -0.2) is 4.79 Å². The number of carbonyl (C=O) groups is 1. The number of amides is 1. The van der Waals surface area contributed by atoms with Crippen LogP contribution in [0.4, 0.5) is 4.79 Å². The van der Waals surface area contributed by atoms with Crippen LogP contribution in [0.15, 0.2) is 0 Å². The molecular formula is C13H25NO3. The summed E-state index contributed by atoms with van der Waals surface area (Å²) in [7, 11) is 1.70. The molecule has 0 aliphatic carbocycles. The fraction of sp³-hybridized carbons (Fsp3) is 0.923. The highest BCUT2D eigenvalue weighted by Gasteiger charge is 2.36. The Kier molecular flexibility index (Phi) is 4.80. The molecule has 0 unspecified atom stereocenters. The van der Waals surface area contributed by atoms with E-state index in [1.807, 2.05) is 25.7 Å². The smallest absolute Gasteiger partial charge is 0.410 e. The van der Waals surface area contributed by atoms with Gasteiger partial charge in [0.2, 0.25) is 0 Å². The Balaban J connectivity index is 2.63. The summed E-state index contributed by atoms with van der Waals surface area (Å²) in [5.41, 5.74) is -0.432. The van der Waals surface area contributed by atoms with Crippen molar-refractivity contribution in [3.05, 3.63) is 0 Å². The van der Waals surface area contributed by atoms with E-state index in [0.717, 1.165) is 19.3 Å². The molecule has 0 bridgehead atoms. The van der Waals surface area contributed by atoms with Gasteiger partial charge in [0.25, 0.3) is 0 Å². The van der Waals surface area contributed by atoms with E-state index in [9.17, 15) is 4.79 Å². The fourth-order valence-corrected chi connectivity index (χ4v) is 2.20. The first-order chi connectivity index (χ1) is 7.87. The SMILES string of the molecule is CCC[C@@H]1C[C@H](OC)CN1C(=O)OC(C)(C)C. The van der Waals surface area contributed by atoms with Crippen molar-refractivity contribution in [3.8, 4) is 0 Å². The van der Waals surface area contributed by atoms with Crippen LogP contribution in [-0.4, -0.2) is 42.4 Å². The molecular weight excluding hydrogens is 218 g/mol. The van der Waals surface area contributed by atoms with Gasteiger partial charge in [-0.1, -0.05) is 13.3 Å². The largest absolute Gasteiger partial charge is 0.444 e. The molecule has 0 saturated carbocycles. The second-order valence-corrected chi connectivity index (χ2v) is 5.67. The highest BCUT2D eigenvalue weighted by atomic mass is 16.6. The number of nitrogens with zero attached hydrogens (tertiary/aromatic N) is 1. The second-order valence-electron chi connectivity index (χ2n) is 5.67. The van der Waals surface area contributed by atoms with Gasteiger partial charge in [-0.3, -0.25) is 0 Å². The van der Waals surface area contributed by atoms with Gasteiger partial charge in [0.1, 0.15) is 5.60 Å². The van der Waals surface area contributed by atoms with Crippen LogP contribution < -0.4 is 0 Å².